The predicted molar refractivity (Wildman–Crippen MR) is 114 cm³/mol. The predicted octanol–water partition coefficient (Wildman–Crippen LogP) is 5.35. The van der Waals surface area contributed by atoms with Gasteiger partial charge in [-0.25, -0.2) is 0 Å². The molecule has 0 radical (unpaired) electrons. The number of allylic oxidation sites excluding steroid dienone is 1. The number of carbonyl (C=O) groups is 1. The number of amides is 1. The van der Waals surface area contributed by atoms with E-state index in [1.165, 1.54) is 5.57 Å². The molecular formula is C25H31NO2. The van der Waals surface area contributed by atoms with Gasteiger partial charge < -0.3 is 10.4 Å². The van der Waals surface area contributed by atoms with Gasteiger partial charge in [0.2, 0.25) is 5.91 Å². The molecule has 1 aliphatic rings. The number of rotatable bonds is 5. The Hall–Kier alpha value is -2.39. The van der Waals surface area contributed by atoms with E-state index in [-0.39, 0.29) is 17.9 Å². The second-order valence-electron chi connectivity index (χ2n) is 8.46. The molecule has 0 saturated carbocycles. The summed E-state index contributed by atoms with van der Waals surface area (Å²) < 4.78 is 0. The van der Waals surface area contributed by atoms with E-state index >= 15 is 0 Å². The first-order valence-corrected chi connectivity index (χ1v) is 10.1. The Kier molecular flexibility index (Phi) is 6.04. The van der Waals surface area contributed by atoms with Crippen LogP contribution in [0, 0.1) is 11.3 Å². The van der Waals surface area contributed by atoms with Crippen LogP contribution in [0.3, 0.4) is 0 Å². The van der Waals surface area contributed by atoms with Crippen LogP contribution in [0.25, 0.3) is 0 Å². The zero-order valence-corrected chi connectivity index (χ0v) is 17.3. The molecule has 0 bridgehead atoms. The van der Waals surface area contributed by atoms with Crippen LogP contribution < -0.4 is 5.32 Å². The Balaban J connectivity index is 1.83. The fourth-order valence-electron chi connectivity index (χ4n) is 4.58. The number of aliphatic hydroxyl groups excluding tert-OH is 1. The van der Waals surface area contributed by atoms with E-state index < -0.39 is 11.5 Å². The van der Waals surface area contributed by atoms with Crippen molar-refractivity contribution in [1.29, 1.82) is 0 Å². The van der Waals surface area contributed by atoms with E-state index in [2.05, 4.69) is 26.1 Å². The number of carbonyl (C=O) groups excluding carboxylic acids is 1. The molecule has 0 fully saturated rings. The fourth-order valence-corrected chi connectivity index (χ4v) is 4.58. The van der Waals surface area contributed by atoms with Crippen molar-refractivity contribution in [1.82, 2.24) is 5.32 Å². The molecule has 3 atom stereocenters. The monoisotopic (exact) mass is 377 g/mol. The number of benzene rings is 2. The highest BCUT2D eigenvalue weighted by Gasteiger charge is 2.44. The van der Waals surface area contributed by atoms with Gasteiger partial charge in [-0.3, -0.25) is 4.79 Å². The van der Waals surface area contributed by atoms with Crippen molar-refractivity contribution in [2.75, 3.05) is 0 Å². The van der Waals surface area contributed by atoms with Crippen LogP contribution in [0.15, 0.2) is 71.8 Å². The molecule has 0 saturated heterocycles. The van der Waals surface area contributed by atoms with E-state index in [0.29, 0.717) is 0 Å². The Morgan fingerprint density at radius 2 is 1.57 bits per heavy atom. The van der Waals surface area contributed by atoms with Crippen molar-refractivity contribution in [2.24, 2.45) is 11.3 Å². The van der Waals surface area contributed by atoms with E-state index in [0.717, 1.165) is 29.5 Å². The van der Waals surface area contributed by atoms with Crippen molar-refractivity contribution >= 4 is 5.91 Å². The molecule has 1 aliphatic carbocycles. The highest BCUT2D eigenvalue weighted by Crippen LogP contribution is 2.49. The summed E-state index contributed by atoms with van der Waals surface area (Å²) in [5.74, 6) is -0.109. The molecule has 2 N–H and O–H groups in total. The van der Waals surface area contributed by atoms with Crippen molar-refractivity contribution in [3.05, 3.63) is 82.9 Å². The zero-order chi connectivity index (χ0) is 20.3. The lowest BCUT2D eigenvalue weighted by molar-refractivity contribution is -0.129. The van der Waals surface area contributed by atoms with Crippen LogP contribution in [0.1, 0.15) is 63.8 Å². The Labute approximate surface area is 168 Å². The minimum Gasteiger partial charge on any atom is -0.384 e. The summed E-state index contributed by atoms with van der Waals surface area (Å²) >= 11 is 0. The van der Waals surface area contributed by atoms with Gasteiger partial charge in [0.1, 0.15) is 6.10 Å². The summed E-state index contributed by atoms with van der Waals surface area (Å²) in [6.07, 6.45) is 0.954. The molecule has 0 aliphatic heterocycles. The van der Waals surface area contributed by atoms with Gasteiger partial charge in [0.15, 0.2) is 0 Å². The topological polar surface area (TPSA) is 49.3 Å². The van der Waals surface area contributed by atoms with Crippen LogP contribution in [0.4, 0.5) is 0 Å². The Morgan fingerprint density at radius 3 is 2.14 bits per heavy atom. The maximum absolute atomic E-state index is 13.2. The minimum atomic E-state index is -0.682. The van der Waals surface area contributed by atoms with Crippen LogP contribution >= 0.6 is 0 Å². The van der Waals surface area contributed by atoms with Gasteiger partial charge in [-0.05, 0) is 43.4 Å². The third-order valence-corrected chi connectivity index (χ3v) is 6.20. The van der Waals surface area contributed by atoms with Crippen LogP contribution in [0.2, 0.25) is 0 Å². The summed E-state index contributed by atoms with van der Waals surface area (Å²) in [6, 6.07) is 19.7. The Bertz CT molecular complexity index is 839. The summed E-state index contributed by atoms with van der Waals surface area (Å²) in [7, 11) is 0. The normalized spacial score (nSPS) is 21.1. The van der Waals surface area contributed by atoms with Crippen molar-refractivity contribution in [3.63, 3.8) is 0 Å². The molecule has 2 aromatic rings. The molecule has 0 aromatic heterocycles. The second-order valence-corrected chi connectivity index (χ2v) is 8.46. The SMILES string of the molecule is CC1=C([C@@H](O)c2ccccc2)C(C)(C)[C@H](C(=O)N[C@H](C)c2ccccc2)CC1. The van der Waals surface area contributed by atoms with E-state index in [9.17, 15) is 9.90 Å². The third-order valence-electron chi connectivity index (χ3n) is 6.20. The summed E-state index contributed by atoms with van der Waals surface area (Å²) in [5, 5.41) is 14.3. The fraction of sp³-hybridized carbons (Fsp3) is 0.400. The Morgan fingerprint density at radius 1 is 1.04 bits per heavy atom. The van der Waals surface area contributed by atoms with Gasteiger partial charge in [-0.15, -0.1) is 0 Å². The minimum absolute atomic E-state index is 0.0426. The van der Waals surface area contributed by atoms with Gasteiger partial charge in [-0.2, -0.15) is 0 Å². The van der Waals surface area contributed by atoms with Gasteiger partial charge in [-0.1, -0.05) is 80.1 Å². The molecule has 0 heterocycles. The zero-order valence-electron chi connectivity index (χ0n) is 17.3. The van der Waals surface area contributed by atoms with Gasteiger partial charge in [0.25, 0.3) is 0 Å². The molecule has 28 heavy (non-hydrogen) atoms. The summed E-state index contributed by atoms with van der Waals surface area (Å²) in [6.45, 7) is 8.29. The molecule has 3 rings (SSSR count). The average molecular weight is 378 g/mol. The summed E-state index contributed by atoms with van der Waals surface area (Å²) in [5.41, 5.74) is 3.74. The molecule has 2 aromatic carbocycles. The number of nitrogens with one attached hydrogen (secondary N) is 1. The summed E-state index contributed by atoms with van der Waals surface area (Å²) in [4.78, 5) is 13.2. The maximum Gasteiger partial charge on any atom is 0.224 e. The lowest BCUT2D eigenvalue weighted by atomic mass is 9.63. The van der Waals surface area contributed by atoms with E-state index in [4.69, 9.17) is 0 Å². The number of hydrogen-bond donors (Lipinski definition) is 2. The van der Waals surface area contributed by atoms with Crippen LogP contribution in [0.5, 0.6) is 0 Å². The van der Waals surface area contributed by atoms with Crippen molar-refractivity contribution in [2.45, 2.75) is 52.7 Å². The first-order chi connectivity index (χ1) is 13.3. The van der Waals surface area contributed by atoms with Crippen LogP contribution in [-0.4, -0.2) is 11.0 Å². The third kappa shape index (κ3) is 4.05. The molecule has 3 heteroatoms. The quantitative estimate of drug-likeness (QED) is 0.690. The van der Waals surface area contributed by atoms with Gasteiger partial charge >= 0.3 is 0 Å². The molecule has 1 amide bonds. The maximum atomic E-state index is 13.2. The lowest BCUT2D eigenvalue weighted by Gasteiger charge is -2.43. The lowest BCUT2D eigenvalue weighted by Crippen LogP contribution is -2.44. The van der Waals surface area contributed by atoms with E-state index in [1.807, 2.05) is 67.6 Å². The standard InChI is InChI=1S/C25H31NO2/c1-17-15-16-21(24(28)26-18(2)19-11-7-5-8-12-19)25(3,4)22(17)23(27)20-13-9-6-10-14-20/h5-14,18,21,23,27H,15-16H2,1-4H3,(H,26,28)/t18-,21+,23+/m1/s1. The average Bonchev–Trinajstić information content (AvgIpc) is 2.68. The first-order valence-electron chi connectivity index (χ1n) is 10.1. The van der Waals surface area contributed by atoms with Crippen LogP contribution in [-0.2, 0) is 4.79 Å². The van der Waals surface area contributed by atoms with E-state index in [1.54, 1.807) is 0 Å². The molecule has 0 spiro atoms. The highest BCUT2D eigenvalue weighted by atomic mass is 16.3. The molecule has 3 nitrogen and oxygen atoms in total. The van der Waals surface area contributed by atoms with Gasteiger partial charge in [0, 0.05) is 11.3 Å². The molecule has 148 valence electrons. The smallest absolute Gasteiger partial charge is 0.224 e. The van der Waals surface area contributed by atoms with Crippen molar-refractivity contribution in [3.8, 4) is 0 Å². The number of hydrogen-bond acceptors (Lipinski definition) is 2. The number of aliphatic hydroxyl groups is 1. The largest absolute Gasteiger partial charge is 0.384 e. The van der Waals surface area contributed by atoms with Crippen molar-refractivity contribution < 1.29 is 9.90 Å². The molecule has 0 unspecified atom stereocenters. The second kappa shape index (κ2) is 8.32. The molecular weight excluding hydrogens is 346 g/mol. The highest BCUT2D eigenvalue weighted by molar-refractivity contribution is 5.81. The van der Waals surface area contributed by atoms with Gasteiger partial charge in [0.05, 0.1) is 6.04 Å². The first kappa shape index (κ1) is 20.3.